The van der Waals surface area contributed by atoms with Crippen molar-refractivity contribution in [2.45, 2.75) is 33.6 Å². The molecule has 0 aromatic heterocycles. The van der Waals surface area contributed by atoms with Crippen LogP contribution in [0.5, 0.6) is 0 Å². The average molecular weight is 199 g/mol. The van der Waals surface area contributed by atoms with Crippen LogP contribution < -0.4 is 5.32 Å². The van der Waals surface area contributed by atoms with Crippen molar-refractivity contribution < 1.29 is 4.74 Å². The van der Waals surface area contributed by atoms with Gasteiger partial charge in [-0.2, -0.15) is 0 Å². The molecule has 0 radical (unpaired) electrons. The van der Waals surface area contributed by atoms with Gasteiger partial charge in [0.05, 0.1) is 6.61 Å². The molecule has 1 rings (SSSR count). The third-order valence-electron chi connectivity index (χ3n) is 3.27. The molecule has 1 heterocycles. The minimum atomic E-state index is 0.687. The minimum absolute atomic E-state index is 0.687. The third kappa shape index (κ3) is 4.43. The van der Waals surface area contributed by atoms with Crippen LogP contribution >= 0.6 is 0 Å². The van der Waals surface area contributed by atoms with Gasteiger partial charge in [0.25, 0.3) is 0 Å². The van der Waals surface area contributed by atoms with Gasteiger partial charge in [0.1, 0.15) is 0 Å². The molecule has 0 bridgehead atoms. The van der Waals surface area contributed by atoms with Crippen molar-refractivity contribution in [1.82, 2.24) is 5.32 Å². The summed E-state index contributed by atoms with van der Waals surface area (Å²) in [5.74, 6) is 2.18. The number of hydrogen-bond donors (Lipinski definition) is 1. The molecule has 1 N–H and O–H groups in total. The molecule has 0 aromatic carbocycles. The molecule has 0 aliphatic carbocycles. The standard InChI is InChI=1S/C12H25NO/c1-10(2)11(3)8-14-9-12-5-4-6-13-7-12/h10-13H,4-9H2,1-3H3/t11?,12-/m0/s1. The number of piperidine rings is 1. The van der Waals surface area contributed by atoms with Crippen molar-refractivity contribution in [3.05, 3.63) is 0 Å². The van der Waals surface area contributed by atoms with E-state index in [0.29, 0.717) is 5.92 Å². The number of ether oxygens (including phenoxy) is 1. The van der Waals surface area contributed by atoms with E-state index in [-0.39, 0.29) is 0 Å². The van der Waals surface area contributed by atoms with Crippen LogP contribution in [-0.2, 0) is 4.74 Å². The van der Waals surface area contributed by atoms with Crippen molar-refractivity contribution in [3.63, 3.8) is 0 Å². The molecule has 1 saturated heterocycles. The topological polar surface area (TPSA) is 21.3 Å². The zero-order valence-corrected chi connectivity index (χ0v) is 9.88. The molecule has 0 amide bonds. The second-order valence-electron chi connectivity index (χ2n) is 4.97. The number of rotatable bonds is 5. The summed E-state index contributed by atoms with van der Waals surface area (Å²) in [5, 5.41) is 3.42. The van der Waals surface area contributed by atoms with Gasteiger partial charge in [0.15, 0.2) is 0 Å². The molecule has 84 valence electrons. The highest BCUT2D eigenvalue weighted by Gasteiger charge is 2.14. The van der Waals surface area contributed by atoms with Gasteiger partial charge in [-0.3, -0.25) is 0 Å². The first-order valence-corrected chi connectivity index (χ1v) is 5.98. The lowest BCUT2D eigenvalue weighted by atomic mass is 9.99. The number of nitrogens with one attached hydrogen (secondary N) is 1. The largest absolute Gasteiger partial charge is 0.381 e. The zero-order valence-electron chi connectivity index (χ0n) is 9.88. The third-order valence-corrected chi connectivity index (χ3v) is 3.27. The Morgan fingerprint density at radius 2 is 2.14 bits per heavy atom. The molecule has 1 aliphatic heterocycles. The van der Waals surface area contributed by atoms with E-state index >= 15 is 0 Å². The second kappa shape index (κ2) is 6.41. The molecule has 2 atom stereocenters. The van der Waals surface area contributed by atoms with Crippen LogP contribution in [-0.4, -0.2) is 26.3 Å². The molecule has 2 nitrogen and oxygen atoms in total. The molecule has 2 heteroatoms. The van der Waals surface area contributed by atoms with Crippen LogP contribution in [0.4, 0.5) is 0 Å². The summed E-state index contributed by atoms with van der Waals surface area (Å²) < 4.78 is 5.76. The summed E-state index contributed by atoms with van der Waals surface area (Å²) in [4.78, 5) is 0. The Kier molecular flexibility index (Phi) is 5.49. The maximum Gasteiger partial charge on any atom is 0.0506 e. The maximum absolute atomic E-state index is 5.76. The van der Waals surface area contributed by atoms with Crippen LogP contribution in [0, 0.1) is 17.8 Å². The van der Waals surface area contributed by atoms with Gasteiger partial charge in [-0.25, -0.2) is 0 Å². The first-order valence-electron chi connectivity index (χ1n) is 5.98. The lowest BCUT2D eigenvalue weighted by molar-refractivity contribution is 0.0572. The van der Waals surface area contributed by atoms with Gasteiger partial charge in [-0.15, -0.1) is 0 Å². The zero-order chi connectivity index (χ0) is 10.4. The van der Waals surface area contributed by atoms with Crippen molar-refractivity contribution in [2.75, 3.05) is 26.3 Å². The fourth-order valence-electron chi connectivity index (χ4n) is 1.68. The molecule has 1 unspecified atom stereocenters. The molecule has 0 spiro atoms. The Hall–Kier alpha value is -0.0800. The molecule has 0 aromatic rings. The molecular weight excluding hydrogens is 174 g/mol. The van der Waals surface area contributed by atoms with Crippen LogP contribution in [0.15, 0.2) is 0 Å². The second-order valence-corrected chi connectivity index (χ2v) is 4.97. The molecule has 1 fully saturated rings. The van der Waals surface area contributed by atoms with Crippen LogP contribution in [0.2, 0.25) is 0 Å². The van der Waals surface area contributed by atoms with Gasteiger partial charge in [-0.1, -0.05) is 20.8 Å². The SMILES string of the molecule is CC(C)C(C)COC[C@H]1CCCNC1. The van der Waals surface area contributed by atoms with E-state index in [9.17, 15) is 0 Å². The predicted octanol–water partition coefficient (Wildman–Crippen LogP) is 2.29. The van der Waals surface area contributed by atoms with Crippen molar-refractivity contribution in [3.8, 4) is 0 Å². The van der Waals surface area contributed by atoms with Crippen molar-refractivity contribution in [2.24, 2.45) is 17.8 Å². The summed E-state index contributed by atoms with van der Waals surface area (Å²) >= 11 is 0. The van der Waals surface area contributed by atoms with Crippen LogP contribution in [0.3, 0.4) is 0 Å². The average Bonchev–Trinajstić information content (AvgIpc) is 2.19. The summed E-state index contributed by atoms with van der Waals surface area (Å²) in [6, 6.07) is 0. The minimum Gasteiger partial charge on any atom is -0.381 e. The monoisotopic (exact) mass is 199 g/mol. The van der Waals surface area contributed by atoms with Crippen LogP contribution in [0.25, 0.3) is 0 Å². The highest BCUT2D eigenvalue weighted by Crippen LogP contribution is 2.13. The van der Waals surface area contributed by atoms with E-state index in [1.54, 1.807) is 0 Å². The summed E-state index contributed by atoms with van der Waals surface area (Å²) in [6.45, 7) is 11.0. The van der Waals surface area contributed by atoms with Crippen molar-refractivity contribution >= 4 is 0 Å². The molecule has 14 heavy (non-hydrogen) atoms. The van der Waals surface area contributed by atoms with Crippen molar-refractivity contribution in [1.29, 1.82) is 0 Å². The number of hydrogen-bond acceptors (Lipinski definition) is 2. The summed E-state index contributed by atoms with van der Waals surface area (Å²) in [7, 11) is 0. The predicted molar refractivity (Wildman–Crippen MR) is 60.4 cm³/mol. The fraction of sp³-hybridized carbons (Fsp3) is 1.00. The Labute approximate surface area is 88.4 Å². The van der Waals surface area contributed by atoms with E-state index in [4.69, 9.17) is 4.74 Å². The van der Waals surface area contributed by atoms with E-state index in [1.807, 2.05) is 0 Å². The Morgan fingerprint density at radius 1 is 1.36 bits per heavy atom. The van der Waals surface area contributed by atoms with E-state index in [2.05, 4.69) is 26.1 Å². The lowest BCUT2D eigenvalue weighted by Gasteiger charge is -2.24. The smallest absolute Gasteiger partial charge is 0.0506 e. The maximum atomic E-state index is 5.76. The van der Waals surface area contributed by atoms with Gasteiger partial charge >= 0.3 is 0 Å². The van der Waals surface area contributed by atoms with E-state index < -0.39 is 0 Å². The first-order chi connectivity index (χ1) is 6.70. The highest BCUT2D eigenvalue weighted by atomic mass is 16.5. The van der Waals surface area contributed by atoms with E-state index in [1.165, 1.54) is 19.4 Å². The molecular formula is C12H25NO. The first kappa shape index (κ1) is 12.0. The quantitative estimate of drug-likeness (QED) is 0.733. The summed E-state index contributed by atoms with van der Waals surface area (Å²) in [6.07, 6.45) is 2.65. The summed E-state index contributed by atoms with van der Waals surface area (Å²) in [5.41, 5.74) is 0. The Balaban J connectivity index is 2.02. The lowest BCUT2D eigenvalue weighted by Crippen LogP contribution is -2.32. The van der Waals surface area contributed by atoms with E-state index in [0.717, 1.165) is 31.6 Å². The van der Waals surface area contributed by atoms with Gasteiger partial charge in [-0.05, 0) is 37.1 Å². The van der Waals surface area contributed by atoms with Gasteiger partial charge in [0, 0.05) is 13.2 Å². The fourth-order valence-corrected chi connectivity index (χ4v) is 1.68. The normalized spacial score (nSPS) is 25.3. The highest BCUT2D eigenvalue weighted by molar-refractivity contribution is 4.68. The Morgan fingerprint density at radius 3 is 2.71 bits per heavy atom. The molecule has 0 saturated carbocycles. The van der Waals surface area contributed by atoms with Gasteiger partial charge < -0.3 is 10.1 Å². The van der Waals surface area contributed by atoms with Gasteiger partial charge in [0.2, 0.25) is 0 Å². The van der Waals surface area contributed by atoms with Crippen LogP contribution in [0.1, 0.15) is 33.6 Å². The molecule has 1 aliphatic rings. The Bertz CT molecular complexity index is 141.